The highest BCUT2D eigenvalue weighted by molar-refractivity contribution is 7.13. The first-order chi connectivity index (χ1) is 13.2. The number of aromatic nitrogens is 3. The van der Waals surface area contributed by atoms with Crippen molar-refractivity contribution in [3.05, 3.63) is 64.8 Å². The van der Waals surface area contributed by atoms with Gasteiger partial charge in [-0.25, -0.2) is 9.97 Å². The molecule has 6 nitrogen and oxygen atoms in total. The van der Waals surface area contributed by atoms with Crippen molar-refractivity contribution in [1.29, 1.82) is 0 Å². The van der Waals surface area contributed by atoms with Crippen LogP contribution in [-0.2, 0) is 6.61 Å². The van der Waals surface area contributed by atoms with Crippen LogP contribution in [-0.4, -0.2) is 22.1 Å². The van der Waals surface area contributed by atoms with E-state index in [2.05, 4.69) is 15.0 Å². The van der Waals surface area contributed by atoms with Crippen molar-refractivity contribution >= 4 is 22.9 Å². The largest absolute Gasteiger partial charge is 0.497 e. The van der Waals surface area contributed by atoms with E-state index < -0.39 is 0 Å². The van der Waals surface area contributed by atoms with Crippen LogP contribution in [0, 0.1) is 0 Å². The maximum absolute atomic E-state index is 5.94. The number of benzene rings is 1. The Bertz CT molecular complexity index is 1030. The third-order valence-corrected chi connectivity index (χ3v) is 4.85. The van der Waals surface area contributed by atoms with Crippen molar-refractivity contribution in [3.8, 4) is 33.9 Å². The van der Waals surface area contributed by atoms with Gasteiger partial charge in [0.1, 0.15) is 23.2 Å². The average Bonchev–Trinajstić information content (AvgIpc) is 3.38. The molecule has 4 aromatic rings. The molecule has 3 heterocycles. The summed E-state index contributed by atoms with van der Waals surface area (Å²) in [5, 5.41) is 2.75. The maximum Gasteiger partial charge on any atom is 0.218 e. The second-order valence-electron chi connectivity index (χ2n) is 5.50. The number of hydrogen-bond acceptors (Lipinski definition) is 7. The molecule has 0 fully saturated rings. The van der Waals surface area contributed by atoms with Crippen molar-refractivity contribution in [2.75, 3.05) is 7.11 Å². The molecule has 136 valence electrons. The first-order valence-corrected chi connectivity index (χ1v) is 9.27. The number of furan rings is 1. The highest BCUT2D eigenvalue weighted by Gasteiger charge is 2.14. The predicted molar refractivity (Wildman–Crippen MR) is 103 cm³/mol. The Balaban J connectivity index is 1.63. The Morgan fingerprint density at radius 1 is 1.11 bits per heavy atom. The van der Waals surface area contributed by atoms with Crippen LogP contribution in [0.5, 0.6) is 11.6 Å². The van der Waals surface area contributed by atoms with E-state index in [9.17, 15) is 0 Å². The fourth-order valence-corrected chi connectivity index (χ4v) is 3.26. The molecule has 27 heavy (non-hydrogen) atoms. The van der Waals surface area contributed by atoms with Gasteiger partial charge in [0.15, 0.2) is 16.6 Å². The van der Waals surface area contributed by atoms with E-state index in [4.69, 9.17) is 25.5 Å². The van der Waals surface area contributed by atoms with Gasteiger partial charge in [-0.15, -0.1) is 11.3 Å². The molecule has 3 aromatic heterocycles. The van der Waals surface area contributed by atoms with Gasteiger partial charge in [-0.05, 0) is 29.8 Å². The maximum atomic E-state index is 5.94. The smallest absolute Gasteiger partial charge is 0.218 e. The van der Waals surface area contributed by atoms with E-state index >= 15 is 0 Å². The molecule has 0 saturated heterocycles. The quantitative estimate of drug-likeness (QED) is 0.449. The Morgan fingerprint density at radius 2 is 1.96 bits per heavy atom. The van der Waals surface area contributed by atoms with E-state index in [0.717, 1.165) is 11.3 Å². The lowest BCUT2D eigenvalue weighted by molar-refractivity contribution is 0.293. The molecule has 0 saturated carbocycles. The molecule has 0 atom stereocenters. The third-order valence-electron chi connectivity index (χ3n) is 3.69. The number of ether oxygens (including phenoxy) is 2. The Morgan fingerprint density at radius 3 is 2.63 bits per heavy atom. The van der Waals surface area contributed by atoms with E-state index in [1.54, 1.807) is 30.9 Å². The summed E-state index contributed by atoms with van der Waals surface area (Å²) < 4.78 is 16.5. The van der Waals surface area contributed by atoms with E-state index in [0.29, 0.717) is 39.9 Å². The molecule has 0 aliphatic heterocycles. The number of rotatable bonds is 6. The molecule has 1 aromatic carbocycles. The summed E-state index contributed by atoms with van der Waals surface area (Å²) in [4.78, 5) is 13.2. The minimum Gasteiger partial charge on any atom is -0.497 e. The minimum atomic E-state index is 0.358. The lowest BCUT2D eigenvalue weighted by Gasteiger charge is -2.08. The zero-order valence-electron chi connectivity index (χ0n) is 14.3. The van der Waals surface area contributed by atoms with Gasteiger partial charge in [0.25, 0.3) is 0 Å². The molecule has 0 radical (unpaired) electrons. The fraction of sp³-hybridized carbons (Fsp3) is 0.105. The van der Waals surface area contributed by atoms with Gasteiger partial charge in [-0.1, -0.05) is 23.7 Å². The number of halogens is 1. The fourth-order valence-electron chi connectivity index (χ4n) is 2.38. The standard InChI is InChI=1S/C19H14ClN3O3S/c1-24-13-6-4-12(5-7-13)10-26-17-9-14(15-3-2-8-25-15)21-18(23-17)19-22-16(20)11-27-19/h2-9,11H,10H2,1H3. The van der Waals surface area contributed by atoms with Crippen molar-refractivity contribution in [1.82, 2.24) is 15.0 Å². The lowest BCUT2D eigenvalue weighted by Crippen LogP contribution is -2.00. The molecule has 0 aliphatic carbocycles. The third kappa shape index (κ3) is 4.10. The summed E-state index contributed by atoms with van der Waals surface area (Å²) in [7, 11) is 1.63. The van der Waals surface area contributed by atoms with Crippen molar-refractivity contribution in [2.24, 2.45) is 0 Å². The normalized spacial score (nSPS) is 10.7. The molecule has 0 spiro atoms. The molecular weight excluding hydrogens is 386 g/mol. The van der Waals surface area contributed by atoms with E-state index in [-0.39, 0.29) is 0 Å². The van der Waals surface area contributed by atoms with Crippen molar-refractivity contribution in [2.45, 2.75) is 6.61 Å². The lowest BCUT2D eigenvalue weighted by atomic mass is 10.2. The van der Waals surface area contributed by atoms with Gasteiger partial charge >= 0.3 is 0 Å². The zero-order valence-corrected chi connectivity index (χ0v) is 15.8. The summed E-state index contributed by atoms with van der Waals surface area (Å²) in [5.74, 6) is 2.28. The Hall–Kier alpha value is -2.90. The van der Waals surface area contributed by atoms with Crippen LogP contribution < -0.4 is 9.47 Å². The van der Waals surface area contributed by atoms with Gasteiger partial charge in [-0.3, -0.25) is 0 Å². The molecule has 0 bridgehead atoms. The zero-order chi connectivity index (χ0) is 18.6. The SMILES string of the molecule is COc1ccc(COc2cc(-c3ccco3)nc(-c3nc(Cl)cs3)n2)cc1. The van der Waals surface area contributed by atoms with Gasteiger partial charge in [0.2, 0.25) is 5.88 Å². The van der Waals surface area contributed by atoms with Gasteiger partial charge in [-0.2, -0.15) is 4.98 Å². The molecule has 8 heteroatoms. The number of methoxy groups -OCH3 is 1. The topological polar surface area (TPSA) is 70.3 Å². The van der Waals surface area contributed by atoms with Crippen LogP contribution in [0.4, 0.5) is 0 Å². The summed E-state index contributed by atoms with van der Waals surface area (Å²) >= 11 is 7.31. The van der Waals surface area contributed by atoms with E-state index in [1.807, 2.05) is 30.3 Å². The predicted octanol–water partition coefficient (Wildman–Crippen LogP) is 5.10. The second kappa shape index (κ2) is 7.77. The Labute approximate surface area is 164 Å². The number of hydrogen-bond donors (Lipinski definition) is 0. The van der Waals surface area contributed by atoms with Crippen molar-refractivity contribution < 1.29 is 13.9 Å². The summed E-state index contributed by atoms with van der Waals surface area (Å²) in [5.41, 5.74) is 1.61. The highest BCUT2D eigenvalue weighted by atomic mass is 35.5. The highest BCUT2D eigenvalue weighted by Crippen LogP contribution is 2.29. The summed E-state index contributed by atoms with van der Waals surface area (Å²) in [6.07, 6.45) is 1.59. The van der Waals surface area contributed by atoms with Crippen LogP contribution >= 0.6 is 22.9 Å². The van der Waals surface area contributed by atoms with Crippen LogP contribution in [0.3, 0.4) is 0 Å². The van der Waals surface area contributed by atoms with E-state index in [1.165, 1.54) is 11.3 Å². The molecule has 0 amide bonds. The van der Waals surface area contributed by atoms with Crippen LogP contribution in [0.25, 0.3) is 22.3 Å². The molecule has 0 unspecified atom stereocenters. The van der Waals surface area contributed by atoms with Crippen LogP contribution in [0.2, 0.25) is 5.15 Å². The van der Waals surface area contributed by atoms with Crippen molar-refractivity contribution in [3.63, 3.8) is 0 Å². The Kier molecular flexibility index (Phi) is 5.04. The first-order valence-electron chi connectivity index (χ1n) is 8.01. The van der Waals surface area contributed by atoms with Gasteiger partial charge in [0.05, 0.1) is 13.4 Å². The summed E-state index contributed by atoms with van der Waals surface area (Å²) in [6, 6.07) is 13.0. The van der Waals surface area contributed by atoms with Crippen LogP contribution in [0.1, 0.15) is 5.56 Å². The number of nitrogens with zero attached hydrogens (tertiary/aromatic N) is 3. The monoisotopic (exact) mass is 399 g/mol. The molecule has 0 N–H and O–H groups in total. The van der Waals surface area contributed by atoms with Crippen LogP contribution in [0.15, 0.2) is 58.5 Å². The second-order valence-corrected chi connectivity index (χ2v) is 6.75. The van der Waals surface area contributed by atoms with Gasteiger partial charge in [0, 0.05) is 11.4 Å². The average molecular weight is 400 g/mol. The first kappa shape index (κ1) is 17.5. The summed E-state index contributed by atoms with van der Waals surface area (Å²) in [6.45, 7) is 0.358. The number of thiazole rings is 1. The molecule has 0 aliphatic rings. The minimum absolute atomic E-state index is 0.358. The molecular formula is C19H14ClN3O3S. The van der Waals surface area contributed by atoms with Gasteiger partial charge < -0.3 is 13.9 Å². The molecule has 4 rings (SSSR count).